The molecule has 3 atom stereocenters. The third-order valence-electron chi connectivity index (χ3n) is 5.96. The van der Waals surface area contributed by atoms with Gasteiger partial charge in [-0.15, -0.1) is 0 Å². The lowest BCUT2D eigenvalue weighted by molar-refractivity contribution is 0.119. The fraction of sp³-hybridized carbons (Fsp3) is 0.800. The highest BCUT2D eigenvalue weighted by Crippen LogP contribution is 2.65. The third kappa shape index (κ3) is 1.56. The first-order valence-electron chi connectivity index (χ1n) is 7.08. The normalized spacial score (nSPS) is 37.3. The minimum atomic E-state index is 0.430. The fourth-order valence-electron chi connectivity index (χ4n) is 4.21. The summed E-state index contributed by atoms with van der Waals surface area (Å²) in [5.41, 5.74) is 0.899. The zero-order valence-electron chi connectivity index (χ0n) is 11.9. The van der Waals surface area contributed by atoms with Crippen LogP contribution in [0.5, 0.6) is 0 Å². The first-order chi connectivity index (χ1) is 8.43. The van der Waals surface area contributed by atoms with Gasteiger partial charge in [-0.25, -0.2) is 4.98 Å². The van der Waals surface area contributed by atoms with Gasteiger partial charge in [0, 0.05) is 6.04 Å². The topological polar surface area (TPSA) is 38.1 Å². The van der Waals surface area contributed by atoms with Crippen LogP contribution in [0, 0.1) is 23.7 Å². The second kappa shape index (κ2) is 3.83. The molecule has 1 aromatic heterocycles. The molecule has 0 spiro atoms. The molecule has 2 saturated carbocycles. The zero-order chi connectivity index (χ0) is 13.0. The van der Waals surface area contributed by atoms with Crippen LogP contribution in [0.15, 0.2) is 10.6 Å². The van der Waals surface area contributed by atoms with Gasteiger partial charge in [-0.2, -0.15) is 0 Å². The lowest BCUT2D eigenvalue weighted by atomic mass is 9.69. The molecule has 2 aliphatic carbocycles. The van der Waals surface area contributed by atoms with Gasteiger partial charge in [0.1, 0.15) is 5.76 Å². The average Bonchev–Trinajstić information content (AvgIpc) is 2.87. The summed E-state index contributed by atoms with van der Waals surface area (Å²) in [6.07, 6.45) is 5.86. The minimum Gasteiger partial charge on any atom is -0.445 e. The van der Waals surface area contributed by atoms with Crippen molar-refractivity contribution in [1.82, 2.24) is 10.3 Å². The van der Waals surface area contributed by atoms with Crippen molar-refractivity contribution >= 4 is 0 Å². The molecule has 0 radical (unpaired) electrons. The van der Waals surface area contributed by atoms with E-state index in [4.69, 9.17) is 4.42 Å². The van der Waals surface area contributed by atoms with E-state index in [0.717, 1.165) is 24.1 Å². The number of nitrogens with zero attached hydrogens (tertiary/aromatic N) is 1. The zero-order valence-corrected chi connectivity index (χ0v) is 11.9. The Morgan fingerprint density at radius 1 is 1.44 bits per heavy atom. The molecular formula is C15H24N2O. The van der Waals surface area contributed by atoms with Gasteiger partial charge in [-0.3, -0.25) is 0 Å². The number of hydrogen-bond acceptors (Lipinski definition) is 3. The molecule has 3 rings (SSSR count). The molecule has 18 heavy (non-hydrogen) atoms. The molecule has 0 amide bonds. The summed E-state index contributed by atoms with van der Waals surface area (Å²) in [6, 6.07) is 0.610. The van der Waals surface area contributed by atoms with Crippen molar-refractivity contribution in [2.45, 2.75) is 59.5 Å². The standard InChI is InChI=1S/C15H24N2O/c1-10-8-17-13(18-10)9-16-12-7-11-5-6-15(12,4)14(11,2)3/h8,11-12,16H,5-7,9H2,1-4H3. The molecule has 1 heterocycles. The second-order valence-electron chi connectivity index (χ2n) is 6.91. The summed E-state index contributed by atoms with van der Waals surface area (Å²) < 4.78 is 5.53. The van der Waals surface area contributed by atoms with Gasteiger partial charge >= 0.3 is 0 Å². The van der Waals surface area contributed by atoms with Gasteiger partial charge in [0.15, 0.2) is 0 Å². The van der Waals surface area contributed by atoms with Gasteiger partial charge < -0.3 is 9.73 Å². The van der Waals surface area contributed by atoms with Gasteiger partial charge in [-0.05, 0) is 42.9 Å². The second-order valence-corrected chi connectivity index (χ2v) is 6.91. The van der Waals surface area contributed by atoms with E-state index in [-0.39, 0.29) is 0 Å². The maximum Gasteiger partial charge on any atom is 0.208 e. The summed E-state index contributed by atoms with van der Waals surface area (Å²) in [7, 11) is 0. The molecule has 3 unspecified atom stereocenters. The predicted molar refractivity (Wildman–Crippen MR) is 71.1 cm³/mol. The summed E-state index contributed by atoms with van der Waals surface area (Å²) >= 11 is 0. The molecule has 0 saturated heterocycles. The fourth-order valence-corrected chi connectivity index (χ4v) is 4.21. The van der Waals surface area contributed by atoms with E-state index in [1.807, 2.05) is 6.92 Å². The van der Waals surface area contributed by atoms with Crippen molar-refractivity contribution in [2.24, 2.45) is 16.7 Å². The molecule has 0 aliphatic heterocycles. The van der Waals surface area contributed by atoms with Crippen molar-refractivity contribution in [3.8, 4) is 0 Å². The Morgan fingerprint density at radius 2 is 2.22 bits per heavy atom. The summed E-state index contributed by atoms with van der Waals surface area (Å²) in [5.74, 6) is 2.59. The molecule has 2 aliphatic rings. The summed E-state index contributed by atoms with van der Waals surface area (Å²) in [4.78, 5) is 4.27. The van der Waals surface area contributed by atoms with E-state index >= 15 is 0 Å². The van der Waals surface area contributed by atoms with Crippen molar-refractivity contribution in [1.29, 1.82) is 0 Å². The Balaban J connectivity index is 1.69. The van der Waals surface area contributed by atoms with Gasteiger partial charge in [0.2, 0.25) is 5.89 Å². The van der Waals surface area contributed by atoms with Crippen molar-refractivity contribution < 1.29 is 4.42 Å². The van der Waals surface area contributed by atoms with Crippen LogP contribution in [0.4, 0.5) is 0 Å². The SMILES string of the molecule is Cc1cnc(CNC2CC3CCC2(C)C3(C)C)o1. The van der Waals surface area contributed by atoms with Crippen molar-refractivity contribution in [2.75, 3.05) is 0 Å². The highest BCUT2D eigenvalue weighted by atomic mass is 16.4. The smallest absolute Gasteiger partial charge is 0.208 e. The van der Waals surface area contributed by atoms with Crippen LogP contribution < -0.4 is 5.32 Å². The first-order valence-corrected chi connectivity index (χ1v) is 7.08. The summed E-state index contributed by atoms with van der Waals surface area (Å²) in [6.45, 7) is 10.1. The largest absolute Gasteiger partial charge is 0.445 e. The predicted octanol–water partition coefficient (Wildman–Crippen LogP) is 3.29. The Hall–Kier alpha value is -0.830. The number of aromatic nitrogens is 1. The van der Waals surface area contributed by atoms with Crippen molar-refractivity contribution in [3.63, 3.8) is 0 Å². The number of fused-ring (bicyclic) bond motifs is 2. The van der Waals surface area contributed by atoms with E-state index < -0.39 is 0 Å². The lowest BCUT2D eigenvalue weighted by Gasteiger charge is -2.39. The Labute approximate surface area is 109 Å². The molecule has 100 valence electrons. The van der Waals surface area contributed by atoms with Gasteiger partial charge in [0.25, 0.3) is 0 Å². The number of aryl methyl sites for hydroxylation is 1. The Bertz CT molecular complexity index is 451. The van der Waals surface area contributed by atoms with E-state index in [1.54, 1.807) is 6.20 Å². The number of nitrogens with one attached hydrogen (secondary N) is 1. The van der Waals surface area contributed by atoms with Crippen LogP contribution in [0.2, 0.25) is 0 Å². The summed E-state index contributed by atoms with van der Waals surface area (Å²) in [5, 5.41) is 3.68. The quantitative estimate of drug-likeness (QED) is 0.892. The van der Waals surface area contributed by atoms with Crippen LogP contribution in [0.3, 0.4) is 0 Å². The molecule has 2 bridgehead atoms. The van der Waals surface area contributed by atoms with Crippen molar-refractivity contribution in [3.05, 3.63) is 17.8 Å². The lowest BCUT2D eigenvalue weighted by Crippen LogP contribution is -2.44. The molecule has 0 aromatic carbocycles. The highest BCUT2D eigenvalue weighted by Gasteiger charge is 2.60. The van der Waals surface area contributed by atoms with E-state index in [2.05, 4.69) is 31.1 Å². The highest BCUT2D eigenvalue weighted by molar-refractivity contribution is 5.13. The van der Waals surface area contributed by atoms with Crippen LogP contribution in [-0.2, 0) is 6.54 Å². The first kappa shape index (κ1) is 12.2. The monoisotopic (exact) mass is 248 g/mol. The molecule has 2 fully saturated rings. The van der Waals surface area contributed by atoms with Gasteiger partial charge in [-0.1, -0.05) is 20.8 Å². The van der Waals surface area contributed by atoms with Crippen LogP contribution >= 0.6 is 0 Å². The average molecular weight is 248 g/mol. The number of rotatable bonds is 3. The van der Waals surface area contributed by atoms with Crippen LogP contribution in [0.1, 0.15) is 51.7 Å². The molecule has 3 nitrogen and oxygen atoms in total. The molecule has 1 N–H and O–H groups in total. The van der Waals surface area contributed by atoms with Gasteiger partial charge in [0.05, 0.1) is 12.7 Å². The number of oxazole rings is 1. The molecular weight excluding hydrogens is 224 g/mol. The van der Waals surface area contributed by atoms with Crippen LogP contribution in [0.25, 0.3) is 0 Å². The minimum absolute atomic E-state index is 0.430. The molecule has 1 aromatic rings. The maximum atomic E-state index is 5.53. The van der Waals surface area contributed by atoms with Crippen LogP contribution in [-0.4, -0.2) is 11.0 Å². The third-order valence-corrected chi connectivity index (χ3v) is 5.96. The molecule has 3 heteroatoms. The Morgan fingerprint density at radius 3 is 2.72 bits per heavy atom. The van der Waals surface area contributed by atoms with E-state index in [1.165, 1.54) is 19.3 Å². The Kier molecular flexibility index (Phi) is 2.60. The number of hydrogen-bond donors (Lipinski definition) is 1. The van der Waals surface area contributed by atoms with E-state index in [9.17, 15) is 0 Å². The van der Waals surface area contributed by atoms with E-state index in [0.29, 0.717) is 16.9 Å². The maximum absolute atomic E-state index is 5.53.